The molecule has 0 aromatic heterocycles. The average Bonchev–Trinajstić information content (AvgIpc) is 3.37. The molecule has 0 saturated carbocycles. The van der Waals surface area contributed by atoms with Crippen LogP contribution in [0.15, 0.2) is 97.2 Å². The lowest BCUT2D eigenvalue weighted by atomic mass is 10.1. The second kappa shape index (κ2) is 55.4. The fourth-order valence-corrected chi connectivity index (χ4v) is 7.98. The highest BCUT2D eigenvalue weighted by atomic mass is 16.7. The highest BCUT2D eigenvalue weighted by Gasteiger charge is 2.22. The third-order valence-electron chi connectivity index (χ3n) is 12.6. The number of esters is 2. The van der Waals surface area contributed by atoms with Crippen LogP contribution in [-0.2, 0) is 33.3 Å². The first kappa shape index (κ1) is 70.2. The van der Waals surface area contributed by atoms with Gasteiger partial charge in [-0.25, -0.2) is 0 Å². The molecule has 424 valence electrons. The van der Waals surface area contributed by atoms with Crippen LogP contribution in [0.5, 0.6) is 0 Å². The topological polar surface area (TPSA) is 111 Å². The van der Waals surface area contributed by atoms with E-state index in [0.29, 0.717) is 17.4 Å². The summed E-state index contributed by atoms with van der Waals surface area (Å²) in [5.74, 6) is -2.30. The minimum absolute atomic E-state index is 0.142. The first-order chi connectivity index (χ1) is 36.1. The van der Waals surface area contributed by atoms with Crippen LogP contribution in [-0.4, -0.2) is 82.3 Å². The van der Waals surface area contributed by atoms with Gasteiger partial charge in [-0.15, -0.1) is 0 Å². The van der Waals surface area contributed by atoms with Crippen molar-refractivity contribution in [1.29, 1.82) is 0 Å². The van der Waals surface area contributed by atoms with Gasteiger partial charge in [-0.1, -0.05) is 227 Å². The Balaban J connectivity index is 4.25. The van der Waals surface area contributed by atoms with Gasteiger partial charge < -0.3 is 33.3 Å². The zero-order valence-corrected chi connectivity index (χ0v) is 48.2. The van der Waals surface area contributed by atoms with Gasteiger partial charge in [-0.2, -0.15) is 0 Å². The van der Waals surface area contributed by atoms with Gasteiger partial charge in [0.1, 0.15) is 13.2 Å². The van der Waals surface area contributed by atoms with E-state index in [1.54, 1.807) is 0 Å². The molecule has 0 aromatic carbocycles. The van der Waals surface area contributed by atoms with E-state index < -0.39 is 24.3 Å². The lowest BCUT2D eigenvalue weighted by Crippen LogP contribution is -2.44. The summed E-state index contributed by atoms with van der Waals surface area (Å²) >= 11 is 0. The van der Waals surface area contributed by atoms with Crippen LogP contribution in [0.4, 0.5) is 0 Å². The van der Waals surface area contributed by atoms with Gasteiger partial charge in [-0.3, -0.25) is 9.59 Å². The van der Waals surface area contributed by atoms with Crippen LogP contribution in [0.2, 0.25) is 0 Å². The first-order valence-electron chi connectivity index (χ1n) is 29.9. The standard InChI is InChI=1S/C65H111NO8/c1-6-8-10-12-14-16-18-20-22-24-26-27-28-29-30-31-32-33-34-35-36-37-38-40-42-44-46-48-50-52-54-56-63(68)74-61(60-73-65(64(69)70)71-58-57-66(3,4)5)59-72-62(67)55-53-51-49-47-45-43-41-39-25-23-21-19-17-15-13-11-9-7-2/h8,10,14,16,20,22-23,25-27,29-30,32-33,35-36,61,65H,6-7,9,11-13,15,17-19,21,24,28,31,34,37-60H2,1-5H3/b10-8-,16-14-,22-20-,25-23-,27-26-,30-29-,33-32-,36-35-. The van der Waals surface area contributed by atoms with Crippen molar-refractivity contribution in [3.8, 4) is 0 Å². The first-order valence-corrected chi connectivity index (χ1v) is 29.9. The lowest BCUT2D eigenvalue weighted by Gasteiger charge is -2.26. The Morgan fingerprint density at radius 1 is 0.419 bits per heavy atom. The summed E-state index contributed by atoms with van der Waals surface area (Å²) < 4.78 is 22.7. The van der Waals surface area contributed by atoms with Gasteiger partial charge in [0.15, 0.2) is 12.4 Å². The number of rotatable bonds is 54. The number of allylic oxidation sites excluding steroid dienone is 16. The van der Waals surface area contributed by atoms with Crippen LogP contribution < -0.4 is 5.11 Å². The number of aliphatic carboxylic acids is 1. The van der Waals surface area contributed by atoms with Crippen LogP contribution in [0.25, 0.3) is 0 Å². The summed E-state index contributed by atoms with van der Waals surface area (Å²) in [6.45, 7) is 4.62. The molecule has 9 heteroatoms. The van der Waals surface area contributed by atoms with Crippen LogP contribution in [0.3, 0.4) is 0 Å². The van der Waals surface area contributed by atoms with Crippen molar-refractivity contribution >= 4 is 17.9 Å². The average molecular weight is 1030 g/mol. The number of carboxylic acids is 1. The lowest BCUT2D eigenvalue weighted by molar-refractivity contribution is -0.870. The van der Waals surface area contributed by atoms with Gasteiger partial charge in [-0.05, 0) is 96.3 Å². The summed E-state index contributed by atoms with van der Waals surface area (Å²) in [4.78, 5) is 37.3. The Kier molecular flexibility index (Phi) is 52.6. The molecule has 0 amide bonds. The van der Waals surface area contributed by atoms with Gasteiger partial charge in [0.2, 0.25) is 0 Å². The molecule has 0 aliphatic rings. The summed E-state index contributed by atoms with van der Waals surface area (Å²) in [5.41, 5.74) is 0. The molecular formula is C65H111NO8. The molecule has 0 saturated heterocycles. The molecule has 0 aliphatic heterocycles. The molecule has 2 unspecified atom stereocenters. The smallest absolute Gasteiger partial charge is 0.306 e. The normalized spacial score (nSPS) is 13.5. The van der Waals surface area contributed by atoms with Crippen LogP contribution in [0, 0.1) is 0 Å². The highest BCUT2D eigenvalue weighted by Crippen LogP contribution is 2.15. The van der Waals surface area contributed by atoms with E-state index >= 15 is 0 Å². The zero-order valence-electron chi connectivity index (χ0n) is 48.2. The number of nitrogens with zero attached hydrogens (tertiary/aromatic N) is 1. The van der Waals surface area contributed by atoms with Crippen LogP contribution in [0.1, 0.15) is 239 Å². The maximum atomic E-state index is 12.9. The van der Waals surface area contributed by atoms with Crippen molar-refractivity contribution in [3.63, 3.8) is 0 Å². The maximum Gasteiger partial charge on any atom is 0.306 e. The van der Waals surface area contributed by atoms with Gasteiger partial charge >= 0.3 is 11.9 Å². The summed E-state index contributed by atoms with van der Waals surface area (Å²) in [5, 5.41) is 11.8. The Labute approximate surface area is 454 Å². The fourth-order valence-electron chi connectivity index (χ4n) is 7.98. The predicted octanol–water partition coefficient (Wildman–Crippen LogP) is 16.4. The summed E-state index contributed by atoms with van der Waals surface area (Å²) in [6, 6.07) is 0. The predicted molar refractivity (Wildman–Crippen MR) is 311 cm³/mol. The highest BCUT2D eigenvalue weighted by molar-refractivity contribution is 5.70. The van der Waals surface area contributed by atoms with Crippen molar-refractivity contribution in [1.82, 2.24) is 0 Å². The van der Waals surface area contributed by atoms with E-state index in [9.17, 15) is 19.5 Å². The monoisotopic (exact) mass is 1030 g/mol. The molecule has 0 aromatic rings. The number of hydrogen-bond acceptors (Lipinski definition) is 8. The van der Waals surface area contributed by atoms with Crippen LogP contribution >= 0.6 is 0 Å². The van der Waals surface area contributed by atoms with Crippen molar-refractivity contribution in [2.45, 2.75) is 251 Å². The molecule has 0 rings (SSSR count). The van der Waals surface area contributed by atoms with Crippen molar-refractivity contribution in [2.24, 2.45) is 0 Å². The quantitative estimate of drug-likeness (QED) is 0.0195. The molecule has 0 bridgehead atoms. The summed E-state index contributed by atoms with van der Waals surface area (Å²) in [6.07, 6.45) is 71.6. The maximum absolute atomic E-state index is 12.9. The molecule has 0 heterocycles. The van der Waals surface area contributed by atoms with Gasteiger partial charge in [0.05, 0.1) is 40.3 Å². The van der Waals surface area contributed by atoms with E-state index in [4.69, 9.17) is 18.9 Å². The molecule has 0 spiro atoms. The van der Waals surface area contributed by atoms with Gasteiger partial charge in [0.25, 0.3) is 0 Å². The molecule has 0 N–H and O–H groups in total. The molecule has 0 fully saturated rings. The minimum atomic E-state index is -1.63. The van der Waals surface area contributed by atoms with Gasteiger partial charge in [0, 0.05) is 12.8 Å². The Bertz CT molecular complexity index is 1530. The van der Waals surface area contributed by atoms with Crippen molar-refractivity contribution in [3.05, 3.63) is 97.2 Å². The minimum Gasteiger partial charge on any atom is -0.545 e. The number of ether oxygens (including phenoxy) is 4. The number of carboxylic acid groups (broad SMARTS) is 1. The Hall–Kier alpha value is -3.79. The molecule has 74 heavy (non-hydrogen) atoms. The Morgan fingerprint density at radius 3 is 1.16 bits per heavy atom. The van der Waals surface area contributed by atoms with E-state index in [0.717, 1.165) is 103 Å². The van der Waals surface area contributed by atoms with E-state index in [2.05, 4.69) is 111 Å². The van der Waals surface area contributed by atoms with Crippen molar-refractivity contribution < 1.29 is 42.9 Å². The van der Waals surface area contributed by atoms with Crippen molar-refractivity contribution in [2.75, 3.05) is 47.5 Å². The molecule has 2 atom stereocenters. The molecule has 0 radical (unpaired) electrons. The van der Waals surface area contributed by atoms with E-state index in [1.165, 1.54) is 103 Å². The molecule has 0 aliphatic carbocycles. The third-order valence-corrected chi connectivity index (χ3v) is 12.6. The fraction of sp³-hybridized carbons (Fsp3) is 0.708. The van der Waals surface area contributed by atoms with E-state index in [1.807, 2.05) is 21.1 Å². The number of unbranched alkanes of at least 4 members (excludes halogenated alkanes) is 23. The molecular weight excluding hydrogens is 923 g/mol. The largest absolute Gasteiger partial charge is 0.545 e. The zero-order chi connectivity index (χ0) is 54.1. The molecule has 9 nitrogen and oxygen atoms in total. The second-order valence-electron chi connectivity index (χ2n) is 20.9. The number of likely N-dealkylation sites (N-methyl/N-ethyl adjacent to an activating group) is 1. The second-order valence-corrected chi connectivity index (χ2v) is 20.9. The Morgan fingerprint density at radius 2 is 0.770 bits per heavy atom. The number of quaternary nitrogens is 1. The number of hydrogen-bond donors (Lipinski definition) is 0. The SMILES string of the molecule is CC/C=C\C/C=C\C/C=C\C/C=C\C/C=C\C/C=C\C/C=C\CCCCCCCCCCCC(=O)OC(COC(=O)CCCCCCCCC/C=C\CCCCCCCCC)COC(OCC[N+](C)(C)C)C(=O)[O-]. The third kappa shape index (κ3) is 55.9. The number of carbonyl (C=O) groups is 3. The van der Waals surface area contributed by atoms with E-state index in [-0.39, 0.29) is 38.6 Å². The number of carbonyl (C=O) groups excluding carboxylic acids is 3. The summed E-state index contributed by atoms with van der Waals surface area (Å²) in [7, 11) is 5.91.